The van der Waals surface area contributed by atoms with E-state index in [-0.39, 0.29) is 6.61 Å². The lowest BCUT2D eigenvalue weighted by atomic mass is 10.1. The van der Waals surface area contributed by atoms with Gasteiger partial charge in [0.25, 0.3) is 0 Å². The Labute approximate surface area is 140 Å². The van der Waals surface area contributed by atoms with Crippen molar-refractivity contribution in [2.75, 3.05) is 0 Å². The molecule has 1 N–H and O–H groups in total. The van der Waals surface area contributed by atoms with Crippen molar-refractivity contribution in [1.82, 2.24) is 14.8 Å². The zero-order valence-electron chi connectivity index (χ0n) is 13.1. The van der Waals surface area contributed by atoms with Gasteiger partial charge in [-0.2, -0.15) is 5.10 Å². The monoisotopic (exact) mass is 315 g/mol. The molecule has 0 saturated heterocycles. The molecule has 24 heavy (non-hydrogen) atoms. The Bertz CT molecular complexity index is 959. The largest absolute Gasteiger partial charge is 0.390 e. The predicted octanol–water partition coefficient (Wildman–Crippen LogP) is 3.64. The van der Waals surface area contributed by atoms with E-state index in [0.717, 1.165) is 28.7 Å². The molecule has 0 bridgehead atoms. The minimum Gasteiger partial charge on any atom is -0.390 e. The standard InChI is InChI=1S/C20H17N3O/c24-14-17-11-10-16(12-21-17)20-18-8-4-5-9-19(18)23(22-20)13-15-6-2-1-3-7-15/h1-12,24H,13-14H2. The van der Waals surface area contributed by atoms with Gasteiger partial charge in [-0.1, -0.05) is 48.5 Å². The summed E-state index contributed by atoms with van der Waals surface area (Å²) in [6.45, 7) is 0.674. The summed E-state index contributed by atoms with van der Waals surface area (Å²) < 4.78 is 2.03. The molecule has 0 fully saturated rings. The molecule has 4 heteroatoms. The maximum atomic E-state index is 9.16. The molecule has 0 amide bonds. The van der Waals surface area contributed by atoms with E-state index in [1.807, 2.05) is 47.1 Å². The van der Waals surface area contributed by atoms with Crippen LogP contribution in [-0.2, 0) is 13.2 Å². The molecule has 0 aliphatic carbocycles. The number of nitrogens with zero attached hydrogens (tertiary/aromatic N) is 3. The third-order valence-electron chi connectivity index (χ3n) is 4.09. The number of pyridine rings is 1. The van der Waals surface area contributed by atoms with Crippen LogP contribution in [0.2, 0.25) is 0 Å². The maximum absolute atomic E-state index is 9.16. The molecule has 2 heterocycles. The van der Waals surface area contributed by atoms with Gasteiger partial charge in [0, 0.05) is 17.1 Å². The Hall–Kier alpha value is -2.98. The van der Waals surface area contributed by atoms with Crippen molar-refractivity contribution in [3.8, 4) is 11.3 Å². The van der Waals surface area contributed by atoms with Crippen LogP contribution in [-0.4, -0.2) is 19.9 Å². The highest BCUT2D eigenvalue weighted by atomic mass is 16.3. The van der Waals surface area contributed by atoms with Crippen LogP contribution in [0, 0.1) is 0 Å². The predicted molar refractivity (Wildman–Crippen MR) is 94.4 cm³/mol. The summed E-state index contributed by atoms with van der Waals surface area (Å²) >= 11 is 0. The molecular weight excluding hydrogens is 298 g/mol. The van der Waals surface area contributed by atoms with Gasteiger partial charge in [-0.15, -0.1) is 0 Å². The van der Waals surface area contributed by atoms with Gasteiger partial charge in [0.1, 0.15) is 5.69 Å². The second-order valence-electron chi connectivity index (χ2n) is 5.71. The second kappa shape index (κ2) is 6.26. The van der Waals surface area contributed by atoms with E-state index >= 15 is 0 Å². The van der Waals surface area contributed by atoms with Crippen molar-refractivity contribution in [2.24, 2.45) is 0 Å². The first-order valence-electron chi connectivity index (χ1n) is 7.91. The van der Waals surface area contributed by atoms with Crippen molar-refractivity contribution in [1.29, 1.82) is 0 Å². The molecular formula is C20H17N3O. The lowest BCUT2D eigenvalue weighted by Gasteiger charge is -2.03. The number of aliphatic hydroxyl groups is 1. The Balaban J connectivity index is 1.81. The molecule has 4 nitrogen and oxygen atoms in total. The fourth-order valence-corrected chi connectivity index (χ4v) is 2.88. The number of benzene rings is 2. The fourth-order valence-electron chi connectivity index (χ4n) is 2.88. The van der Waals surface area contributed by atoms with Crippen molar-refractivity contribution in [2.45, 2.75) is 13.2 Å². The van der Waals surface area contributed by atoms with Crippen molar-refractivity contribution in [3.63, 3.8) is 0 Å². The zero-order valence-corrected chi connectivity index (χ0v) is 13.1. The third kappa shape index (κ3) is 2.68. The minimum atomic E-state index is -0.0521. The van der Waals surface area contributed by atoms with Gasteiger partial charge in [0.05, 0.1) is 24.4 Å². The molecule has 0 radical (unpaired) electrons. The molecule has 118 valence electrons. The van der Waals surface area contributed by atoms with Gasteiger partial charge in [-0.25, -0.2) is 0 Å². The van der Waals surface area contributed by atoms with E-state index in [1.54, 1.807) is 6.20 Å². The highest BCUT2D eigenvalue weighted by Gasteiger charge is 2.12. The van der Waals surface area contributed by atoms with E-state index in [1.165, 1.54) is 5.56 Å². The average molecular weight is 315 g/mol. The summed E-state index contributed by atoms with van der Waals surface area (Å²) in [4.78, 5) is 4.27. The third-order valence-corrected chi connectivity index (χ3v) is 4.09. The summed E-state index contributed by atoms with van der Waals surface area (Å²) in [5.41, 5.74) is 4.84. The van der Waals surface area contributed by atoms with Crippen LogP contribution >= 0.6 is 0 Å². The van der Waals surface area contributed by atoms with Crippen molar-refractivity contribution < 1.29 is 5.11 Å². The smallest absolute Gasteiger partial charge is 0.102 e. The Kier molecular flexibility index (Phi) is 3.81. The number of hydrogen-bond donors (Lipinski definition) is 1. The summed E-state index contributed by atoms with van der Waals surface area (Å²) in [5, 5.41) is 15.1. The number of rotatable bonds is 4. The molecule has 0 aliphatic heterocycles. The second-order valence-corrected chi connectivity index (χ2v) is 5.71. The first-order valence-corrected chi connectivity index (χ1v) is 7.91. The summed E-state index contributed by atoms with van der Waals surface area (Å²) in [7, 11) is 0. The summed E-state index contributed by atoms with van der Waals surface area (Å²) in [5.74, 6) is 0. The van der Waals surface area contributed by atoms with Gasteiger partial charge in [0.15, 0.2) is 0 Å². The number of hydrogen-bond acceptors (Lipinski definition) is 3. The van der Waals surface area contributed by atoms with Crippen LogP contribution in [0.5, 0.6) is 0 Å². The van der Waals surface area contributed by atoms with E-state index in [4.69, 9.17) is 10.2 Å². The van der Waals surface area contributed by atoms with Crippen LogP contribution < -0.4 is 0 Å². The number of aromatic nitrogens is 3. The Morgan fingerprint density at radius 2 is 1.67 bits per heavy atom. The average Bonchev–Trinajstić information content (AvgIpc) is 3.01. The molecule has 0 atom stereocenters. The van der Waals surface area contributed by atoms with Crippen LogP contribution in [0.4, 0.5) is 0 Å². The van der Waals surface area contributed by atoms with Crippen LogP contribution in [0.25, 0.3) is 22.2 Å². The maximum Gasteiger partial charge on any atom is 0.102 e. The van der Waals surface area contributed by atoms with Crippen LogP contribution in [0.15, 0.2) is 72.9 Å². The van der Waals surface area contributed by atoms with Crippen molar-refractivity contribution in [3.05, 3.63) is 84.2 Å². The molecule has 2 aromatic heterocycles. The highest BCUT2D eigenvalue weighted by Crippen LogP contribution is 2.28. The number of fused-ring (bicyclic) bond motifs is 1. The van der Waals surface area contributed by atoms with Crippen LogP contribution in [0.3, 0.4) is 0 Å². The Morgan fingerprint density at radius 1 is 0.875 bits per heavy atom. The van der Waals surface area contributed by atoms with Crippen molar-refractivity contribution >= 4 is 10.9 Å². The summed E-state index contributed by atoms with van der Waals surface area (Å²) in [6, 6.07) is 22.3. The zero-order chi connectivity index (χ0) is 16.4. The van der Waals surface area contributed by atoms with E-state index in [2.05, 4.69) is 29.2 Å². The topological polar surface area (TPSA) is 50.9 Å². The minimum absolute atomic E-state index is 0.0521. The first kappa shape index (κ1) is 14.6. The van der Waals surface area contributed by atoms with E-state index in [0.29, 0.717) is 5.69 Å². The van der Waals surface area contributed by atoms with Gasteiger partial charge in [-0.3, -0.25) is 9.67 Å². The normalized spacial score (nSPS) is 11.0. The van der Waals surface area contributed by atoms with Gasteiger partial charge >= 0.3 is 0 Å². The highest BCUT2D eigenvalue weighted by molar-refractivity contribution is 5.93. The number of aliphatic hydroxyl groups excluding tert-OH is 1. The molecule has 4 aromatic rings. The number of para-hydroxylation sites is 1. The Morgan fingerprint density at radius 3 is 2.42 bits per heavy atom. The lowest BCUT2D eigenvalue weighted by molar-refractivity contribution is 0.277. The molecule has 2 aromatic carbocycles. The van der Waals surface area contributed by atoms with Crippen LogP contribution in [0.1, 0.15) is 11.3 Å². The van der Waals surface area contributed by atoms with E-state index < -0.39 is 0 Å². The lowest BCUT2D eigenvalue weighted by Crippen LogP contribution is -2.01. The van der Waals surface area contributed by atoms with Gasteiger partial charge in [0.2, 0.25) is 0 Å². The van der Waals surface area contributed by atoms with Gasteiger partial charge < -0.3 is 5.11 Å². The first-order chi connectivity index (χ1) is 11.8. The van der Waals surface area contributed by atoms with Gasteiger partial charge in [-0.05, 0) is 23.8 Å². The quantitative estimate of drug-likeness (QED) is 0.625. The molecule has 0 saturated carbocycles. The fraction of sp³-hybridized carbons (Fsp3) is 0.100. The van der Waals surface area contributed by atoms with E-state index in [9.17, 15) is 0 Å². The molecule has 0 unspecified atom stereocenters. The molecule has 0 spiro atoms. The molecule has 0 aliphatic rings. The molecule has 4 rings (SSSR count). The SMILES string of the molecule is OCc1ccc(-c2nn(Cc3ccccc3)c3ccccc23)cn1. The summed E-state index contributed by atoms with van der Waals surface area (Å²) in [6.07, 6.45) is 1.77.